The highest BCUT2D eigenvalue weighted by Gasteiger charge is 2.42. The van der Waals surface area contributed by atoms with Crippen molar-refractivity contribution in [2.75, 3.05) is 0 Å². The van der Waals surface area contributed by atoms with Crippen LogP contribution in [0.4, 0.5) is 0 Å². The molecule has 118 valence electrons. The highest BCUT2D eigenvalue weighted by molar-refractivity contribution is 8.00. The first-order valence-corrected chi connectivity index (χ1v) is 8.52. The molecule has 1 aliphatic carbocycles. The van der Waals surface area contributed by atoms with E-state index in [1.165, 1.54) is 4.90 Å². The Bertz CT molecular complexity index is 553. The van der Waals surface area contributed by atoms with Crippen LogP contribution in [0.25, 0.3) is 0 Å². The third-order valence-corrected chi connectivity index (χ3v) is 5.70. The van der Waals surface area contributed by atoms with E-state index < -0.39 is 12.1 Å². The van der Waals surface area contributed by atoms with E-state index in [-0.39, 0.29) is 16.8 Å². The lowest BCUT2D eigenvalue weighted by Crippen LogP contribution is -2.37. The van der Waals surface area contributed by atoms with Gasteiger partial charge in [-0.15, -0.1) is 11.8 Å². The van der Waals surface area contributed by atoms with Crippen molar-refractivity contribution >= 4 is 23.7 Å². The molecule has 1 heterocycles. The molecule has 0 aromatic heterocycles. The van der Waals surface area contributed by atoms with Gasteiger partial charge in [-0.25, -0.2) is 4.79 Å². The van der Waals surface area contributed by atoms with Crippen LogP contribution in [-0.4, -0.2) is 28.9 Å². The minimum absolute atomic E-state index is 0.0768. The molecule has 0 radical (unpaired) electrons. The molecule has 0 bridgehead atoms. The maximum Gasteiger partial charge on any atom is 0.347 e. The molecule has 0 N–H and O–H groups in total. The Balaban J connectivity index is 1.58. The first-order chi connectivity index (χ1) is 10.6. The van der Waals surface area contributed by atoms with Crippen molar-refractivity contribution in [2.45, 2.75) is 60.9 Å². The molecule has 5 heteroatoms. The van der Waals surface area contributed by atoms with E-state index in [4.69, 9.17) is 9.47 Å². The zero-order valence-corrected chi connectivity index (χ0v) is 13.4. The highest BCUT2D eigenvalue weighted by Crippen LogP contribution is 2.50. The minimum Gasteiger partial charge on any atom is -0.460 e. The van der Waals surface area contributed by atoms with Crippen LogP contribution < -0.4 is 0 Å². The number of hydrogen-bond acceptors (Lipinski definition) is 5. The molecule has 1 aromatic rings. The van der Waals surface area contributed by atoms with Crippen molar-refractivity contribution in [1.82, 2.24) is 0 Å². The molecule has 1 aromatic carbocycles. The number of thioether (sulfide) groups is 1. The van der Waals surface area contributed by atoms with E-state index in [2.05, 4.69) is 12.1 Å². The van der Waals surface area contributed by atoms with E-state index in [0.29, 0.717) is 12.8 Å². The largest absolute Gasteiger partial charge is 0.460 e. The Labute approximate surface area is 134 Å². The van der Waals surface area contributed by atoms with Crippen molar-refractivity contribution < 1.29 is 19.1 Å². The van der Waals surface area contributed by atoms with Crippen molar-refractivity contribution in [3.63, 3.8) is 0 Å². The number of hydrogen-bond donors (Lipinski definition) is 0. The van der Waals surface area contributed by atoms with Crippen molar-refractivity contribution in [2.24, 2.45) is 0 Å². The van der Waals surface area contributed by atoms with Gasteiger partial charge in [-0.2, -0.15) is 0 Å². The maximum absolute atomic E-state index is 12.2. The van der Waals surface area contributed by atoms with Crippen LogP contribution in [0, 0.1) is 0 Å². The summed E-state index contributed by atoms with van der Waals surface area (Å²) in [5.41, 5.74) is 0. The summed E-state index contributed by atoms with van der Waals surface area (Å²) in [6.07, 6.45) is 3.08. The Morgan fingerprint density at radius 1 is 1.36 bits per heavy atom. The predicted molar refractivity (Wildman–Crippen MR) is 83.5 cm³/mol. The quantitative estimate of drug-likeness (QED) is 0.779. The summed E-state index contributed by atoms with van der Waals surface area (Å²) in [4.78, 5) is 24.9. The van der Waals surface area contributed by atoms with Gasteiger partial charge >= 0.3 is 11.9 Å². The summed E-state index contributed by atoms with van der Waals surface area (Å²) >= 11 is 1.75. The average molecular weight is 320 g/mol. The van der Waals surface area contributed by atoms with Gasteiger partial charge in [0, 0.05) is 16.1 Å². The Kier molecular flexibility index (Phi) is 4.43. The molecular formula is C17H20O4S. The molecule has 0 spiro atoms. The molecule has 3 rings (SSSR count). The van der Waals surface area contributed by atoms with Gasteiger partial charge in [0.05, 0.1) is 6.42 Å². The molecule has 1 saturated heterocycles. The van der Waals surface area contributed by atoms with Crippen LogP contribution in [0.5, 0.6) is 0 Å². The van der Waals surface area contributed by atoms with E-state index >= 15 is 0 Å². The fourth-order valence-corrected chi connectivity index (χ4v) is 4.38. The van der Waals surface area contributed by atoms with Crippen molar-refractivity contribution in [3.8, 4) is 0 Å². The molecule has 2 fully saturated rings. The van der Waals surface area contributed by atoms with Crippen LogP contribution in [0.1, 0.15) is 39.0 Å². The standard InChI is InChI=1S/C17H20O4S/c1-12-10-14(16(19)20-12)21-15(18)11-17(8-5-9-17)22-13-6-3-2-4-7-13/h2-4,6-7,12,14H,5,8-11H2,1H3. The Hall–Kier alpha value is -1.49. The molecule has 2 unspecified atom stereocenters. The summed E-state index contributed by atoms with van der Waals surface area (Å²) in [6.45, 7) is 1.81. The van der Waals surface area contributed by atoms with Gasteiger partial charge in [-0.3, -0.25) is 4.79 Å². The number of carbonyl (C=O) groups is 2. The van der Waals surface area contributed by atoms with Crippen LogP contribution >= 0.6 is 11.8 Å². The van der Waals surface area contributed by atoms with Crippen molar-refractivity contribution in [1.29, 1.82) is 0 Å². The zero-order chi connectivity index (χ0) is 15.6. The van der Waals surface area contributed by atoms with Gasteiger partial charge in [-0.05, 0) is 31.9 Å². The molecule has 1 aliphatic heterocycles. The average Bonchev–Trinajstić information content (AvgIpc) is 2.75. The van der Waals surface area contributed by atoms with E-state index in [0.717, 1.165) is 19.3 Å². The Morgan fingerprint density at radius 3 is 2.64 bits per heavy atom. The zero-order valence-electron chi connectivity index (χ0n) is 12.6. The minimum atomic E-state index is -0.721. The first-order valence-electron chi connectivity index (χ1n) is 7.70. The number of esters is 2. The number of cyclic esters (lactones) is 1. The second-order valence-corrected chi connectivity index (χ2v) is 7.63. The van der Waals surface area contributed by atoms with Crippen molar-refractivity contribution in [3.05, 3.63) is 30.3 Å². The lowest BCUT2D eigenvalue weighted by Gasteiger charge is -2.40. The van der Waals surface area contributed by atoms with Gasteiger partial charge in [0.2, 0.25) is 6.10 Å². The fourth-order valence-electron chi connectivity index (χ4n) is 2.90. The molecule has 1 saturated carbocycles. The summed E-state index contributed by atoms with van der Waals surface area (Å²) < 4.78 is 10.3. The predicted octanol–water partition coefficient (Wildman–Crippen LogP) is 3.34. The number of ether oxygens (including phenoxy) is 2. The third-order valence-electron chi connectivity index (χ3n) is 4.21. The second-order valence-electron chi connectivity index (χ2n) is 6.09. The van der Waals surface area contributed by atoms with Crippen LogP contribution in [0.2, 0.25) is 0 Å². The summed E-state index contributed by atoms with van der Waals surface area (Å²) in [5, 5.41) is 0. The SMILES string of the molecule is CC1CC(OC(=O)CC2(Sc3ccccc3)CCC2)C(=O)O1. The van der Waals surface area contributed by atoms with Crippen LogP contribution in [0.3, 0.4) is 0 Å². The molecule has 2 aliphatic rings. The normalized spacial score (nSPS) is 26.1. The van der Waals surface area contributed by atoms with Crippen LogP contribution in [-0.2, 0) is 19.1 Å². The van der Waals surface area contributed by atoms with Crippen LogP contribution in [0.15, 0.2) is 35.2 Å². The van der Waals surface area contributed by atoms with Gasteiger partial charge in [0.15, 0.2) is 0 Å². The van der Waals surface area contributed by atoms with E-state index in [1.807, 2.05) is 25.1 Å². The lowest BCUT2D eigenvalue weighted by molar-refractivity contribution is -0.161. The monoisotopic (exact) mass is 320 g/mol. The molecule has 2 atom stereocenters. The number of carbonyl (C=O) groups excluding carboxylic acids is 2. The van der Waals surface area contributed by atoms with Gasteiger partial charge in [-0.1, -0.05) is 24.6 Å². The fraction of sp³-hybridized carbons (Fsp3) is 0.529. The second kappa shape index (κ2) is 6.32. The topological polar surface area (TPSA) is 52.6 Å². The summed E-state index contributed by atoms with van der Waals surface area (Å²) in [5.74, 6) is -0.710. The van der Waals surface area contributed by atoms with Gasteiger partial charge in [0.1, 0.15) is 6.10 Å². The summed E-state index contributed by atoms with van der Waals surface area (Å²) in [7, 11) is 0. The number of benzene rings is 1. The molecular weight excluding hydrogens is 300 g/mol. The van der Waals surface area contributed by atoms with E-state index in [1.54, 1.807) is 11.8 Å². The lowest BCUT2D eigenvalue weighted by atomic mass is 9.82. The molecule has 22 heavy (non-hydrogen) atoms. The Morgan fingerprint density at radius 2 is 2.09 bits per heavy atom. The van der Waals surface area contributed by atoms with Gasteiger partial charge in [0.25, 0.3) is 0 Å². The molecule has 4 nitrogen and oxygen atoms in total. The number of rotatable bonds is 5. The smallest absolute Gasteiger partial charge is 0.347 e. The molecule has 0 amide bonds. The third kappa shape index (κ3) is 3.46. The van der Waals surface area contributed by atoms with E-state index in [9.17, 15) is 9.59 Å². The first kappa shape index (κ1) is 15.4. The highest BCUT2D eigenvalue weighted by atomic mass is 32.2. The summed E-state index contributed by atoms with van der Waals surface area (Å²) in [6, 6.07) is 10.1. The maximum atomic E-state index is 12.2. The van der Waals surface area contributed by atoms with Gasteiger partial charge < -0.3 is 9.47 Å².